The van der Waals surface area contributed by atoms with Gasteiger partial charge in [0.15, 0.2) is 5.12 Å². The number of amides is 1. The van der Waals surface area contributed by atoms with Crippen LogP contribution in [0.5, 0.6) is 0 Å². The number of benzene rings is 1. The highest BCUT2D eigenvalue weighted by atomic mass is 32.2. The molecule has 4 nitrogen and oxygen atoms in total. The SMILES string of the molecule is CC(=O)SC1CC(=O)N(c2ccccc2N2CCCCCC2)C1. The van der Waals surface area contributed by atoms with Crippen molar-refractivity contribution in [2.45, 2.75) is 44.3 Å². The summed E-state index contributed by atoms with van der Waals surface area (Å²) in [6.07, 6.45) is 5.46. The van der Waals surface area contributed by atoms with Crippen molar-refractivity contribution in [1.82, 2.24) is 0 Å². The van der Waals surface area contributed by atoms with Crippen molar-refractivity contribution in [1.29, 1.82) is 0 Å². The van der Waals surface area contributed by atoms with Crippen molar-refractivity contribution >= 4 is 34.2 Å². The summed E-state index contributed by atoms with van der Waals surface area (Å²) in [4.78, 5) is 28.1. The van der Waals surface area contributed by atoms with Gasteiger partial charge in [-0.3, -0.25) is 9.59 Å². The molecule has 3 rings (SSSR count). The minimum absolute atomic E-state index is 0.0807. The van der Waals surface area contributed by atoms with Gasteiger partial charge in [0.25, 0.3) is 0 Å². The summed E-state index contributed by atoms with van der Waals surface area (Å²) in [5, 5.41) is 0.169. The lowest BCUT2D eigenvalue weighted by atomic mass is 10.2. The maximum atomic E-state index is 12.5. The Morgan fingerprint density at radius 3 is 2.39 bits per heavy atom. The Morgan fingerprint density at radius 2 is 1.74 bits per heavy atom. The largest absolute Gasteiger partial charge is 0.370 e. The predicted octanol–water partition coefficient (Wildman–Crippen LogP) is 3.45. The third-order valence-electron chi connectivity index (χ3n) is 4.54. The lowest BCUT2D eigenvalue weighted by Crippen LogP contribution is -2.30. The average Bonchev–Trinajstić information content (AvgIpc) is 2.74. The van der Waals surface area contributed by atoms with Crippen LogP contribution in [0, 0.1) is 0 Å². The van der Waals surface area contributed by atoms with Gasteiger partial charge in [0.2, 0.25) is 5.91 Å². The number of anilines is 2. The van der Waals surface area contributed by atoms with Crippen molar-refractivity contribution < 1.29 is 9.59 Å². The summed E-state index contributed by atoms with van der Waals surface area (Å²) in [6, 6.07) is 8.21. The van der Waals surface area contributed by atoms with Crippen molar-refractivity contribution in [3.8, 4) is 0 Å². The Kier molecular flexibility index (Phi) is 5.26. The van der Waals surface area contributed by atoms with E-state index in [-0.39, 0.29) is 16.3 Å². The molecule has 2 aliphatic rings. The van der Waals surface area contributed by atoms with Crippen LogP contribution in [0.1, 0.15) is 39.0 Å². The molecule has 0 saturated carbocycles. The monoisotopic (exact) mass is 332 g/mol. The van der Waals surface area contributed by atoms with Crippen LogP contribution in [0.3, 0.4) is 0 Å². The highest BCUT2D eigenvalue weighted by molar-refractivity contribution is 8.14. The number of thioether (sulfide) groups is 1. The van der Waals surface area contributed by atoms with Crippen molar-refractivity contribution in [2.75, 3.05) is 29.4 Å². The number of hydrogen-bond acceptors (Lipinski definition) is 4. The summed E-state index contributed by atoms with van der Waals surface area (Å²) >= 11 is 1.29. The van der Waals surface area contributed by atoms with E-state index in [1.165, 1.54) is 37.4 Å². The van der Waals surface area contributed by atoms with Crippen LogP contribution >= 0.6 is 11.8 Å². The molecule has 0 radical (unpaired) electrons. The standard InChI is InChI=1S/C18H24N2O2S/c1-14(21)23-15-12-18(22)20(13-15)17-9-5-4-8-16(17)19-10-6-2-3-7-11-19/h4-5,8-9,15H,2-3,6-7,10-13H2,1H3. The van der Waals surface area contributed by atoms with E-state index in [2.05, 4.69) is 11.0 Å². The molecule has 1 aromatic carbocycles. The fourth-order valence-corrected chi connectivity index (χ4v) is 4.41. The molecular weight excluding hydrogens is 308 g/mol. The minimum atomic E-state index is 0.0807. The number of hydrogen-bond donors (Lipinski definition) is 0. The molecule has 0 N–H and O–H groups in total. The number of rotatable bonds is 3. The summed E-state index contributed by atoms with van der Waals surface area (Å²) in [5.74, 6) is 0.131. The molecule has 23 heavy (non-hydrogen) atoms. The summed E-state index contributed by atoms with van der Waals surface area (Å²) in [7, 11) is 0. The van der Waals surface area contributed by atoms with E-state index in [9.17, 15) is 9.59 Å². The third kappa shape index (κ3) is 3.89. The number of carbonyl (C=O) groups excluding carboxylic acids is 2. The molecule has 1 unspecified atom stereocenters. The van der Waals surface area contributed by atoms with Crippen LogP contribution in [0.4, 0.5) is 11.4 Å². The van der Waals surface area contributed by atoms with E-state index >= 15 is 0 Å². The topological polar surface area (TPSA) is 40.6 Å². The lowest BCUT2D eigenvalue weighted by molar-refractivity contribution is -0.117. The van der Waals surface area contributed by atoms with E-state index in [1.54, 1.807) is 6.92 Å². The molecule has 0 spiro atoms. The Morgan fingerprint density at radius 1 is 1.09 bits per heavy atom. The molecule has 1 aromatic rings. The van der Waals surface area contributed by atoms with Gasteiger partial charge in [0, 0.05) is 38.2 Å². The predicted molar refractivity (Wildman–Crippen MR) is 96.2 cm³/mol. The maximum Gasteiger partial charge on any atom is 0.228 e. The van der Waals surface area contributed by atoms with E-state index in [0.717, 1.165) is 24.5 Å². The van der Waals surface area contributed by atoms with Crippen LogP contribution in [-0.2, 0) is 9.59 Å². The fraction of sp³-hybridized carbons (Fsp3) is 0.556. The van der Waals surface area contributed by atoms with Gasteiger partial charge in [-0.15, -0.1) is 0 Å². The van der Waals surface area contributed by atoms with Crippen LogP contribution < -0.4 is 9.80 Å². The van der Waals surface area contributed by atoms with Crippen molar-refractivity contribution in [2.24, 2.45) is 0 Å². The van der Waals surface area contributed by atoms with Gasteiger partial charge < -0.3 is 9.80 Å². The summed E-state index contributed by atoms with van der Waals surface area (Å²) in [5.41, 5.74) is 2.17. The quantitative estimate of drug-likeness (QED) is 0.850. The van der Waals surface area contributed by atoms with Crippen molar-refractivity contribution in [3.05, 3.63) is 24.3 Å². The molecule has 1 atom stereocenters. The molecule has 0 aromatic heterocycles. The zero-order valence-electron chi connectivity index (χ0n) is 13.7. The van der Waals surface area contributed by atoms with Crippen LogP contribution in [0.25, 0.3) is 0 Å². The molecule has 0 bridgehead atoms. The van der Waals surface area contributed by atoms with Crippen molar-refractivity contribution in [3.63, 3.8) is 0 Å². The van der Waals surface area contributed by atoms with Crippen LogP contribution in [0.2, 0.25) is 0 Å². The second kappa shape index (κ2) is 7.39. The van der Waals surface area contributed by atoms with E-state index < -0.39 is 0 Å². The fourth-order valence-electron chi connectivity index (χ4n) is 3.49. The molecule has 2 saturated heterocycles. The van der Waals surface area contributed by atoms with Gasteiger partial charge in [-0.25, -0.2) is 0 Å². The summed E-state index contributed by atoms with van der Waals surface area (Å²) in [6.45, 7) is 4.33. The lowest BCUT2D eigenvalue weighted by Gasteiger charge is -2.28. The second-order valence-corrected chi connectivity index (χ2v) is 7.81. The molecule has 2 aliphatic heterocycles. The Bertz CT molecular complexity index is 582. The van der Waals surface area contributed by atoms with Gasteiger partial charge in [0.05, 0.1) is 11.4 Å². The van der Waals surface area contributed by atoms with Gasteiger partial charge in [-0.05, 0) is 25.0 Å². The average molecular weight is 332 g/mol. The first-order valence-corrected chi connectivity index (χ1v) is 9.34. The molecule has 2 fully saturated rings. The molecule has 2 heterocycles. The molecule has 0 aliphatic carbocycles. The van der Waals surface area contributed by atoms with E-state index in [1.807, 2.05) is 23.1 Å². The molecule has 124 valence electrons. The second-order valence-electron chi connectivity index (χ2n) is 6.33. The third-order valence-corrected chi connectivity index (χ3v) is 5.52. The van der Waals surface area contributed by atoms with Gasteiger partial charge in [0.1, 0.15) is 0 Å². The summed E-state index contributed by atoms with van der Waals surface area (Å²) < 4.78 is 0. The molecule has 5 heteroatoms. The molecular formula is C18H24N2O2S. The minimum Gasteiger partial charge on any atom is -0.370 e. The molecule has 1 amide bonds. The van der Waals surface area contributed by atoms with Crippen LogP contribution in [0.15, 0.2) is 24.3 Å². The van der Waals surface area contributed by atoms with E-state index in [4.69, 9.17) is 0 Å². The van der Waals surface area contributed by atoms with E-state index in [0.29, 0.717) is 13.0 Å². The first-order chi connectivity index (χ1) is 11.1. The highest BCUT2D eigenvalue weighted by Crippen LogP contribution is 2.35. The first-order valence-electron chi connectivity index (χ1n) is 8.46. The Labute approximate surface area is 142 Å². The number of nitrogens with zero attached hydrogens (tertiary/aromatic N) is 2. The number of carbonyl (C=O) groups is 2. The highest BCUT2D eigenvalue weighted by Gasteiger charge is 2.33. The first kappa shape index (κ1) is 16.4. The van der Waals surface area contributed by atoms with Gasteiger partial charge in [-0.2, -0.15) is 0 Å². The van der Waals surface area contributed by atoms with Gasteiger partial charge >= 0.3 is 0 Å². The van der Waals surface area contributed by atoms with Gasteiger partial charge in [-0.1, -0.05) is 36.7 Å². The zero-order chi connectivity index (χ0) is 16.2. The maximum absolute atomic E-state index is 12.5. The smallest absolute Gasteiger partial charge is 0.228 e. The zero-order valence-corrected chi connectivity index (χ0v) is 14.5. The van der Waals surface area contributed by atoms with Crippen LogP contribution in [-0.4, -0.2) is 35.9 Å². The number of para-hydroxylation sites is 2. The Balaban J connectivity index is 1.82. The Hall–Kier alpha value is -1.49. The normalized spacial score (nSPS) is 22.3.